The van der Waals surface area contributed by atoms with Crippen molar-refractivity contribution in [3.63, 3.8) is 0 Å². The molecule has 0 aromatic heterocycles. The molecule has 3 N–H and O–H groups in total. The minimum atomic E-state index is -0.196. The molecule has 0 bridgehead atoms. The average Bonchev–Trinajstić information content (AvgIpc) is 3.50. The number of carbonyl (C=O) groups excluding carboxylic acids is 2. The van der Waals surface area contributed by atoms with Crippen LogP contribution in [0.1, 0.15) is 18.4 Å². The van der Waals surface area contributed by atoms with Crippen molar-refractivity contribution in [3.05, 3.63) is 64.7 Å². The van der Waals surface area contributed by atoms with Crippen molar-refractivity contribution in [2.24, 2.45) is 5.92 Å². The summed E-state index contributed by atoms with van der Waals surface area (Å²) in [7, 11) is 0. The molecule has 182 valence electrons. The lowest BCUT2D eigenvalue weighted by atomic mass is 9.86. The van der Waals surface area contributed by atoms with Crippen LogP contribution in [0.25, 0.3) is 0 Å². The van der Waals surface area contributed by atoms with Crippen LogP contribution in [0, 0.1) is 12.8 Å². The monoisotopic (exact) mass is 492 g/mol. The van der Waals surface area contributed by atoms with Crippen LogP contribution in [0.3, 0.4) is 0 Å². The normalized spacial score (nSPS) is 27.5. The molecule has 4 aliphatic rings. The number of nitrogens with zero attached hydrogens (tertiary/aromatic N) is 1. The number of anilines is 1. The van der Waals surface area contributed by atoms with E-state index in [1.807, 2.05) is 60.4 Å². The summed E-state index contributed by atoms with van der Waals surface area (Å²) in [6.07, 6.45) is 1.63. The summed E-state index contributed by atoms with van der Waals surface area (Å²) in [4.78, 5) is 29.0. The average molecular weight is 493 g/mol. The number of piperidine rings is 1. The Labute approximate surface area is 208 Å². The Morgan fingerprint density at radius 2 is 2.03 bits per heavy atom. The number of ether oxygens (including phenoxy) is 2. The fraction of sp³-hybridized carbons (Fsp3) is 0.385. The van der Waals surface area contributed by atoms with Gasteiger partial charge in [0, 0.05) is 23.9 Å². The van der Waals surface area contributed by atoms with E-state index in [2.05, 4.69) is 16.0 Å². The van der Waals surface area contributed by atoms with Gasteiger partial charge in [0.05, 0.1) is 29.0 Å². The minimum Gasteiger partial charge on any atom is -0.457 e. The van der Waals surface area contributed by atoms with Crippen LogP contribution in [0.2, 0.25) is 0 Å². The van der Waals surface area contributed by atoms with Crippen LogP contribution >= 0.6 is 11.8 Å². The largest absolute Gasteiger partial charge is 0.457 e. The highest BCUT2D eigenvalue weighted by molar-refractivity contribution is 8.04. The van der Waals surface area contributed by atoms with Crippen molar-refractivity contribution < 1.29 is 19.1 Å². The van der Waals surface area contributed by atoms with E-state index in [0.29, 0.717) is 18.1 Å². The smallest absolute Gasteiger partial charge is 0.326 e. The third-order valence-corrected chi connectivity index (χ3v) is 8.37. The van der Waals surface area contributed by atoms with Crippen molar-refractivity contribution >= 4 is 29.4 Å². The van der Waals surface area contributed by atoms with Gasteiger partial charge in [0.2, 0.25) is 0 Å². The number of hydrogen-bond acceptors (Lipinski definition) is 6. The Hall–Kier alpha value is -3.01. The molecule has 35 heavy (non-hydrogen) atoms. The minimum absolute atomic E-state index is 0.0201. The van der Waals surface area contributed by atoms with E-state index in [-0.39, 0.29) is 35.3 Å². The van der Waals surface area contributed by atoms with Gasteiger partial charge >= 0.3 is 6.03 Å². The molecule has 4 heterocycles. The zero-order valence-electron chi connectivity index (χ0n) is 19.5. The van der Waals surface area contributed by atoms with Gasteiger partial charge in [-0.15, -0.1) is 0 Å². The molecule has 4 aliphatic heterocycles. The van der Waals surface area contributed by atoms with Gasteiger partial charge in [-0.3, -0.25) is 9.69 Å². The van der Waals surface area contributed by atoms with Gasteiger partial charge in [-0.25, -0.2) is 4.79 Å². The van der Waals surface area contributed by atoms with Gasteiger partial charge < -0.3 is 25.4 Å². The third-order valence-electron chi connectivity index (χ3n) is 7.02. The van der Waals surface area contributed by atoms with Gasteiger partial charge in [-0.1, -0.05) is 30.0 Å². The van der Waals surface area contributed by atoms with Crippen molar-refractivity contribution in [2.75, 3.05) is 24.7 Å². The molecule has 6 rings (SSSR count). The van der Waals surface area contributed by atoms with Crippen molar-refractivity contribution in [2.45, 2.75) is 37.2 Å². The topological polar surface area (TPSA) is 91.9 Å². The van der Waals surface area contributed by atoms with Gasteiger partial charge in [0.25, 0.3) is 5.91 Å². The van der Waals surface area contributed by atoms with Crippen molar-refractivity contribution in [3.8, 4) is 11.5 Å². The Morgan fingerprint density at radius 3 is 2.80 bits per heavy atom. The van der Waals surface area contributed by atoms with Crippen molar-refractivity contribution in [1.29, 1.82) is 0 Å². The van der Waals surface area contributed by atoms with Crippen molar-refractivity contribution in [1.82, 2.24) is 16.0 Å². The summed E-state index contributed by atoms with van der Waals surface area (Å²) in [6, 6.07) is 15.3. The second-order valence-corrected chi connectivity index (χ2v) is 10.5. The number of carbonyl (C=O) groups is 2. The molecule has 0 aliphatic carbocycles. The second-order valence-electron chi connectivity index (χ2n) is 9.31. The maximum atomic E-state index is 13.4. The number of amides is 3. The highest BCUT2D eigenvalue weighted by Crippen LogP contribution is 2.48. The molecule has 9 heteroatoms. The predicted molar refractivity (Wildman–Crippen MR) is 134 cm³/mol. The first kappa shape index (κ1) is 22.5. The Bertz CT molecular complexity index is 1180. The van der Waals surface area contributed by atoms with E-state index < -0.39 is 0 Å². The molecule has 3 amide bonds. The molecule has 4 atom stereocenters. The van der Waals surface area contributed by atoms with E-state index in [1.165, 1.54) is 11.8 Å². The molecule has 2 aromatic carbocycles. The Morgan fingerprint density at radius 1 is 1.17 bits per heavy atom. The predicted octanol–water partition coefficient (Wildman–Crippen LogP) is 3.48. The van der Waals surface area contributed by atoms with Gasteiger partial charge in [-0.05, 0) is 62.2 Å². The summed E-state index contributed by atoms with van der Waals surface area (Å²) in [6.45, 7) is 3.99. The number of thioether (sulfide) groups is 1. The fourth-order valence-corrected chi connectivity index (χ4v) is 6.79. The first-order chi connectivity index (χ1) is 17.1. The summed E-state index contributed by atoms with van der Waals surface area (Å²) < 4.78 is 11.4. The number of hydrogen-bond donors (Lipinski definition) is 3. The van der Waals surface area contributed by atoms with E-state index in [9.17, 15) is 9.59 Å². The molecule has 0 radical (unpaired) electrons. The Balaban J connectivity index is 1.27. The molecular weight excluding hydrogens is 464 g/mol. The zero-order chi connectivity index (χ0) is 23.9. The quantitative estimate of drug-likeness (QED) is 0.592. The molecule has 8 nitrogen and oxygen atoms in total. The molecule has 0 saturated carbocycles. The highest BCUT2D eigenvalue weighted by Gasteiger charge is 2.52. The molecule has 2 aromatic rings. The number of aryl methyl sites for hydroxylation is 1. The lowest BCUT2D eigenvalue weighted by molar-refractivity contribution is -0.117. The van der Waals surface area contributed by atoms with E-state index in [1.54, 1.807) is 0 Å². The fourth-order valence-electron chi connectivity index (χ4n) is 5.39. The lowest BCUT2D eigenvalue weighted by Crippen LogP contribution is -2.62. The molecule has 3 unspecified atom stereocenters. The molecule has 3 saturated heterocycles. The Kier molecular flexibility index (Phi) is 5.91. The van der Waals surface area contributed by atoms with E-state index >= 15 is 0 Å². The molecule has 3 fully saturated rings. The van der Waals surface area contributed by atoms with Gasteiger partial charge in [-0.2, -0.15) is 0 Å². The lowest BCUT2D eigenvalue weighted by Gasteiger charge is -2.46. The molecular formula is C26H28N4O4S. The summed E-state index contributed by atoms with van der Waals surface area (Å²) in [5, 5.41) is 9.75. The standard InChI is InChI=1S/C26H28N4O4S/c1-15-13-18(34-17-5-3-2-4-6-17)7-8-19(15)30-20-9-11-27-25-21(20)22(29-26(30)32)23(35-25)24(31)28-16-10-12-33-14-16/h2-8,13,16,20-21,25,27H,9-12,14H2,1H3,(H,28,31)(H,29,32)/t16-,20?,21?,25?/m1/s1. The summed E-state index contributed by atoms with van der Waals surface area (Å²) >= 11 is 1.52. The first-order valence-corrected chi connectivity index (χ1v) is 12.9. The second kappa shape index (κ2) is 9.22. The highest BCUT2D eigenvalue weighted by atomic mass is 32.2. The summed E-state index contributed by atoms with van der Waals surface area (Å²) in [5.74, 6) is 1.39. The van der Waals surface area contributed by atoms with Crippen LogP contribution < -0.4 is 25.6 Å². The van der Waals surface area contributed by atoms with Crippen LogP contribution in [0.5, 0.6) is 11.5 Å². The number of urea groups is 1. The number of nitrogens with one attached hydrogen (secondary N) is 3. The zero-order valence-corrected chi connectivity index (χ0v) is 20.3. The first-order valence-electron chi connectivity index (χ1n) is 12.0. The maximum absolute atomic E-state index is 13.4. The number of benzene rings is 2. The maximum Gasteiger partial charge on any atom is 0.326 e. The van der Waals surface area contributed by atoms with Crippen LogP contribution in [0.15, 0.2) is 59.1 Å². The van der Waals surface area contributed by atoms with Crippen LogP contribution in [-0.2, 0) is 9.53 Å². The number of rotatable bonds is 5. The van der Waals surface area contributed by atoms with Gasteiger partial charge in [0.15, 0.2) is 0 Å². The van der Waals surface area contributed by atoms with E-state index in [0.717, 1.165) is 47.8 Å². The molecule has 0 spiro atoms. The van der Waals surface area contributed by atoms with Crippen LogP contribution in [-0.4, -0.2) is 49.2 Å². The van der Waals surface area contributed by atoms with Gasteiger partial charge in [0.1, 0.15) is 11.5 Å². The third kappa shape index (κ3) is 4.17. The van der Waals surface area contributed by atoms with Crippen LogP contribution in [0.4, 0.5) is 10.5 Å². The summed E-state index contributed by atoms with van der Waals surface area (Å²) in [5.41, 5.74) is 2.57. The SMILES string of the molecule is Cc1cc(Oc2ccccc2)ccc1N1C(=O)NC2=C(C(=O)N[C@@H]3CCOC3)SC3NCCC1C23. The number of para-hydroxylation sites is 1. The van der Waals surface area contributed by atoms with E-state index in [4.69, 9.17) is 9.47 Å².